The molecule has 3 aliphatic heterocycles. The average molecular weight is 602 g/mol. The summed E-state index contributed by atoms with van der Waals surface area (Å²) in [4.78, 5) is 12.2. The standard InChI is InChI=1S/C41H56BN3/c1-23-13-18-35-38(24(23)2)43-40-44(35)34-19-16-26-14-15-27-21-32-39(37(34)36(26)27)45(40)33-20-17-28(41(3,4)5)22-31(33)42(32)30-12-8-10-25-9-6-7-11-29(25)30/h6-12,23-24,26-28,31-39H,13-22H2,1-5H3. The second kappa shape index (κ2) is 9.79. The number of benzene rings is 2. The number of rotatable bonds is 1. The first-order chi connectivity index (χ1) is 21.8. The van der Waals surface area contributed by atoms with E-state index in [0.29, 0.717) is 48.0 Å². The number of aliphatic imine (C=N–C) groups is 1. The molecule has 0 aromatic heterocycles. The van der Waals surface area contributed by atoms with Gasteiger partial charge >= 0.3 is 0 Å². The largest absolute Gasteiger partial charge is 0.337 e. The summed E-state index contributed by atoms with van der Waals surface area (Å²) in [6, 6.07) is 20.0. The molecular formula is C41H56BN3. The van der Waals surface area contributed by atoms with Crippen LogP contribution in [0.25, 0.3) is 10.8 Å². The van der Waals surface area contributed by atoms with Crippen LogP contribution >= 0.6 is 0 Å². The molecule has 0 radical (unpaired) electrons. The van der Waals surface area contributed by atoms with Crippen LogP contribution in [0.1, 0.15) is 98.8 Å². The van der Waals surface area contributed by atoms with E-state index in [-0.39, 0.29) is 0 Å². The smallest absolute Gasteiger partial charge is 0.198 e. The molecule has 10 rings (SSSR count). The van der Waals surface area contributed by atoms with Gasteiger partial charge in [0.25, 0.3) is 0 Å². The normalized spacial score (nSPS) is 46.3. The van der Waals surface area contributed by atoms with Crippen molar-refractivity contribution in [2.75, 3.05) is 0 Å². The van der Waals surface area contributed by atoms with Gasteiger partial charge in [0.2, 0.25) is 0 Å². The van der Waals surface area contributed by atoms with Crippen molar-refractivity contribution in [3.63, 3.8) is 0 Å². The SMILES string of the molecule is CC1CCC2C(N=C3N2C2CCC4CCC5CC6B(c7cccc8ccccc78)C7CC(C(C)(C)C)CCC7N3C6C2C45)C1C. The molecule has 5 aliphatic carbocycles. The maximum Gasteiger partial charge on any atom is 0.198 e. The number of hydrogen-bond donors (Lipinski definition) is 0. The zero-order valence-electron chi connectivity index (χ0n) is 28.6. The van der Waals surface area contributed by atoms with Crippen LogP contribution in [0, 0.1) is 46.8 Å². The minimum atomic E-state index is 0.370. The van der Waals surface area contributed by atoms with Gasteiger partial charge < -0.3 is 9.80 Å². The second-order valence-corrected chi connectivity index (χ2v) is 18.7. The van der Waals surface area contributed by atoms with Crippen molar-refractivity contribution in [3.8, 4) is 0 Å². The Bertz CT molecular complexity index is 1520. The summed E-state index contributed by atoms with van der Waals surface area (Å²) < 4.78 is 0. The Morgan fingerprint density at radius 1 is 0.711 bits per heavy atom. The summed E-state index contributed by atoms with van der Waals surface area (Å²) in [5, 5.41) is 3.00. The zero-order chi connectivity index (χ0) is 30.4. The molecule has 2 aromatic carbocycles. The summed E-state index contributed by atoms with van der Waals surface area (Å²) in [7, 11) is 0. The molecule has 0 spiro atoms. The predicted molar refractivity (Wildman–Crippen MR) is 188 cm³/mol. The summed E-state index contributed by atoms with van der Waals surface area (Å²) in [5.74, 6) is 9.04. The van der Waals surface area contributed by atoms with Crippen molar-refractivity contribution < 1.29 is 0 Å². The molecule has 14 unspecified atom stereocenters. The fraction of sp³-hybridized carbons (Fsp3) is 0.732. The highest BCUT2D eigenvalue weighted by Crippen LogP contribution is 2.66. The van der Waals surface area contributed by atoms with E-state index in [0.717, 1.165) is 47.4 Å². The highest BCUT2D eigenvalue weighted by molar-refractivity contribution is 6.78. The van der Waals surface area contributed by atoms with Crippen LogP contribution in [-0.4, -0.2) is 52.7 Å². The molecule has 2 saturated heterocycles. The van der Waals surface area contributed by atoms with Crippen LogP contribution in [-0.2, 0) is 0 Å². The topological polar surface area (TPSA) is 18.8 Å². The van der Waals surface area contributed by atoms with Crippen LogP contribution in [0.4, 0.5) is 0 Å². The van der Waals surface area contributed by atoms with Crippen LogP contribution < -0.4 is 5.46 Å². The summed E-state index contributed by atoms with van der Waals surface area (Å²) >= 11 is 0. The maximum absolute atomic E-state index is 5.95. The molecule has 7 fully saturated rings. The molecule has 5 saturated carbocycles. The predicted octanol–water partition coefficient (Wildman–Crippen LogP) is 8.49. The van der Waals surface area contributed by atoms with Crippen LogP contribution in [0.15, 0.2) is 47.5 Å². The molecule has 0 amide bonds. The van der Waals surface area contributed by atoms with E-state index in [1.165, 1.54) is 75.6 Å². The Morgan fingerprint density at radius 2 is 1.47 bits per heavy atom. The molecule has 3 heterocycles. The van der Waals surface area contributed by atoms with Gasteiger partial charge in [0.15, 0.2) is 12.7 Å². The average Bonchev–Trinajstić information content (AvgIpc) is 3.64. The highest BCUT2D eigenvalue weighted by atomic mass is 15.5. The van der Waals surface area contributed by atoms with Gasteiger partial charge in [-0.2, -0.15) is 0 Å². The molecule has 8 aliphatic rings. The zero-order valence-corrected chi connectivity index (χ0v) is 28.6. The fourth-order valence-corrected chi connectivity index (χ4v) is 14.1. The van der Waals surface area contributed by atoms with Gasteiger partial charge in [-0.1, -0.05) is 95.4 Å². The molecule has 14 atom stereocenters. The fourth-order valence-electron chi connectivity index (χ4n) is 14.1. The van der Waals surface area contributed by atoms with Crippen molar-refractivity contribution in [2.45, 2.75) is 141 Å². The summed E-state index contributed by atoms with van der Waals surface area (Å²) in [5.41, 5.74) is 2.07. The van der Waals surface area contributed by atoms with Crippen LogP contribution in [0.5, 0.6) is 0 Å². The van der Waals surface area contributed by atoms with Crippen molar-refractivity contribution >= 4 is 28.9 Å². The first-order valence-electron chi connectivity index (χ1n) is 19.4. The first kappa shape index (κ1) is 28.1. The first-order valence-corrected chi connectivity index (χ1v) is 19.4. The van der Waals surface area contributed by atoms with E-state index < -0.39 is 0 Å². The lowest BCUT2D eigenvalue weighted by Gasteiger charge is -2.69. The van der Waals surface area contributed by atoms with Gasteiger partial charge in [-0.25, -0.2) is 4.99 Å². The Hall–Kier alpha value is -1.97. The van der Waals surface area contributed by atoms with Gasteiger partial charge in [0.05, 0.1) is 12.1 Å². The van der Waals surface area contributed by atoms with E-state index >= 15 is 0 Å². The van der Waals surface area contributed by atoms with Crippen molar-refractivity contribution in [2.24, 2.45) is 51.8 Å². The molecule has 4 heteroatoms. The molecule has 238 valence electrons. The molecule has 2 aromatic rings. The third-order valence-corrected chi connectivity index (χ3v) is 16.2. The Balaban J connectivity index is 1.18. The maximum atomic E-state index is 5.95. The minimum Gasteiger partial charge on any atom is -0.337 e. The third-order valence-electron chi connectivity index (χ3n) is 16.2. The van der Waals surface area contributed by atoms with Gasteiger partial charge in [-0.15, -0.1) is 0 Å². The Labute approximate surface area is 273 Å². The van der Waals surface area contributed by atoms with Crippen molar-refractivity contribution in [1.82, 2.24) is 9.80 Å². The van der Waals surface area contributed by atoms with E-state index in [4.69, 9.17) is 4.99 Å². The van der Waals surface area contributed by atoms with Crippen molar-refractivity contribution in [1.29, 1.82) is 0 Å². The Kier molecular flexibility index (Phi) is 6.11. The Morgan fingerprint density at radius 3 is 2.33 bits per heavy atom. The molecular weight excluding hydrogens is 545 g/mol. The quantitative estimate of drug-likeness (QED) is 0.305. The minimum absolute atomic E-state index is 0.370. The van der Waals surface area contributed by atoms with E-state index in [9.17, 15) is 0 Å². The van der Waals surface area contributed by atoms with Gasteiger partial charge in [-0.05, 0) is 115 Å². The van der Waals surface area contributed by atoms with Crippen LogP contribution in [0.2, 0.25) is 11.6 Å². The van der Waals surface area contributed by atoms with Crippen molar-refractivity contribution in [3.05, 3.63) is 42.5 Å². The van der Waals surface area contributed by atoms with Gasteiger partial charge in [-0.3, -0.25) is 0 Å². The highest BCUT2D eigenvalue weighted by Gasteiger charge is 2.68. The van der Waals surface area contributed by atoms with E-state index in [1.54, 1.807) is 10.8 Å². The summed E-state index contributed by atoms with van der Waals surface area (Å²) in [6.07, 6.45) is 14.3. The lowest BCUT2D eigenvalue weighted by molar-refractivity contribution is -0.0841. The van der Waals surface area contributed by atoms with E-state index in [1.807, 2.05) is 0 Å². The lowest BCUT2D eigenvalue weighted by atomic mass is 9.22. The molecule has 0 N–H and O–H groups in total. The number of fused-ring (bicyclic) bond motifs is 8. The number of nitrogens with zero attached hydrogens (tertiary/aromatic N) is 3. The molecule has 3 nitrogen and oxygen atoms in total. The van der Waals surface area contributed by atoms with E-state index in [2.05, 4.69) is 86.9 Å². The number of hydrogen-bond acceptors (Lipinski definition) is 3. The monoisotopic (exact) mass is 601 g/mol. The summed E-state index contributed by atoms with van der Waals surface area (Å²) in [6.45, 7) is 13.3. The van der Waals surface area contributed by atoms with Gasteiger partial charge in [0.1, 0.15) is 0 Å². The molecule has 0 bridgehead atoms. The van der Waals surface area contributed by atoms with Crippen LogP contribution in [0.3, 0.4) is 0 Å². The molecule has 45 heavy (non-hydrogen) atoms. The third kappa shape index (κ3) is 3.81. The number of guanidine groups is 1. The van der Waals surface area contributed by atoms with Gasteiger partial charge in [0, 0.05) is 24.0 Å². The second-order valence-electron chi connectivity index (χ2n) is 18.7. The lowest BCUT2D eigenvalue weighted by Crippen LogP contribution is -2.77.